The Balaban J connectivity index is 2.38. The van der Waals surface area contributed by atoms with Crippen LogP contribution in [0.5, 0.6) is 0 Å². The number of benzene rings is 1. The molecule has 1 aliphatic heterocycles. The molecule has 68 valence electrons. The molecule has 1 heterocycles. The first-order chi connectivity index (χ1) is 6.27. The highest BCUT2D eigenvalue weighted by Crippen LogP contribution is 2.27. The average Bonchev–Trinajstić information content (AvgIpc) is 2.00. The summed E-state index contributed by atoms with van der Waals surface area (Å²) < 4.78 is 0. The fraction of sp³-hybridized carbons (Fsp3) is 0.200. The molecule has 2 rings (SSSR count). The largest absolute Gasteiger partial charge is 0.309 e. The van der Waals surface area contributed by atoms with Crippen molar-refractivity contribution in [2.45, 2.75) is 0 Å². The van der Waals surface area contributed by atoms with Crippen LogP contribution in [0, 0.1) is 0 Å². The van der Waals surface area contributed by atoms with E-state index in [-0.39, 0.29) is 0 Å². The molecule has 0 aromatic heterocycles. The maximum absolute atomic E-state index is 6.01. The summed E-state index contributed by atoms with van der Waals surface area (Å²) in [7, 11) is 0. The summed E-state index contributed by atoms with van der Waals surface area (Å²) in [4.78, 5) is 0. The van der Waals surface area contributed by atoms with Crippen LogP contribution < -0.4 is 5.32 Å². The summed E-state index contributed by atoms with van der Waals surface area (Å²) in [6, 6.07) is 5.56. The van der Waals surface area contributed by atoms with Crippen molar-refractivity contribution >= 4 is 29.3 Å². The second-order valence-corrected chi connectivity index (χ2v) is 3.86. The van der Waals surface area contributed by atoms with E-state index >= 15 is 0 Å². The molecule has 0 radical (unpaired) electrons. The second-order valence-electron chi connectivity index (χ2n) is 3.04. The third kappa shape index (κ3) is 1.88. The van der Waals surface area contributed by atoms with Crippen LogP contribution in [0.2, 0.25) is 10.0 Å². The molecule has 0 amide bonds. The molecule has 3 heteroatoms. The van der Waals surface area contributed by atoms with E-state index in [1.807, 2.05) is 18.2 Å². The molecule has 0 spiro atoms. The third-order valence-electron chi connectivity index (χ3n) is 2.05. The Bertz CT molecular complexity index is 332. The molecule has 1 fully saturated rings. The standard InChI is InChI=1S/C10H9Cl2N/c11-9-2-1-3-10(12)8(9)4-7-5-13-6-7/h1-4,13H,5-6H2. The van der Waals surface area contributed by atoms with Crippen molar-refractivity contribution in [1.82, 2.24) is 5.32 Å². The molecule has 1 aliphatic rings. The number of halogens is 2. The Morgan fingerprint density at radius 1 is 1.15 bits per heavy atom. The lowest BCUT2D eigenvalue weighted by atomic mass is 10.1. The number of rotatable bonds is 1. The Labute approximate surface area is 87.4 Å². The van der Waals surface area contributed by atoms with Crippen LogP contribution in [0.3, 0.4) is 0 Å². The maximum Gasteiger partial charge on any atom is 0.0493 e. The molecular weight excluding hydrogens is 205 g/mol. The molecule has 1 nitrogen and oxygen atoms in total. The molecule has 0 bridgehead atoms. The Kier molecular flexibility index (Phi) is 2.58. The molecule has 1 N–H and O–H groups in total. The highest BCUT2D eigenvalue weighted by molar-refractivity contribution is 6.37. The van der Waals surface area contributed by atoms with Gasteiger partial charge in [-0.15, -0.1) is 0 Å². The van der Waals surface area contributed by atoms with Gasteiger partial charge in [0.1, 0.15) is 0 Å². The molecule has 1 saturated heterocycles. The highest BCUT2D eigenvalue weighted by Gasteiger charge is 2.09. The smallest absolute Gasteiger partial charge is 0.0493 e. The van der Waals surface area contributed by atoms with Crippen LogP contribution in [0.15, 0.2) is 23.8 Å². The van der Waals surface area contributed by atoms with Crippen molar-refractivity contribution in [1.29, 1.82) is 0 Å². The number of nitrogens with one attached hydrogen (secondary N) is 1. The zero-order chi connectivity index (χ0) is 9.26. The summed E-state index contributed by atoms with van der Waals surface area (Å²) in [5, 5.41) is 4.60. The first-order valence-corrected chi connectivity index (χ1v) is 4.87. The van der Waals surface area contributed by atoms with Gasteiger partial charge in [-0.05, 0) is 17.7 Å². The van der Waals surface area contributed by atoms with Gasteiger partial charge in [0.2, 0.25) is 0 Å². The summed E-state index contributed by atoms with van der Waals surface area (Å²) in [5.74, 6) is 0. The van der Waals surface area contributed by atoms with Gasteiger partial charge >= 0.3 is 0 Å². The minimum absolute atomic E-state index is 0.715. The fourth-order valence-corrected chi connectivity index (χ4v) is 1.73. The van der Waals surface area contributed by atoms with E-state index in [0.29, 0.717) is 10.0 Å². The third-order valence-corrected chi connectivity index (χ3v) is 2.71. The van der Waals surface area contributed by atoms with Gasteiger partial charge in [0, 0.05) is 28.7 Å². The van der Waals surface area contributed by atoms with Crippen molar-refractivity contribution in [3.05, 3.63) is 39.4 Å². The Morgan fingerprint density at radius 2 is 1.77 bits per heavy atom. The summed E-state index contributed by atoms with van der Waals surface area (Å²) >= 11 is 12.0. The molecule has 13 heavy (non-hydrogen) atoms. The molecule has 0 saturated carbocycles. The zero-order valence-electron chi connectivity index (χ0n) is 6.98. The first-order valence-electron chi connectivity index (χ1n) is 4.11. The van der Waals surface area contributed by atoms with Crippen molar-refractivity contribution in [3.63, 3.8) is 0 Å². The maximum atomic E-state index is 6.01. The molecule has 0 unspecified atom stereocenters. The zero-order valence-corrected chi connectivity index (χ0v) is 8.49. The number of hydrogen-bond acceptors (Lipinski definition) is 1. The Hall–Kier alpha value is -0.500. The van der Waals surface area contributed by atoms with Gasteiger partial charge in [0.05, 0.1) is 0 Å². The van der Waals surface area contributed by atoms with Crippen molar-refractivity contribution in [2.24, 2.45) is 0 Å². The summed E-state index contributed by atoms with van der Waals surface area (Å²) in [5.41, 5.74) is 2.28. The quantitative estimate of drug-likeness (QED) is 0.757. The van der Waals surface area contributed by atoms with Crippen LogP contribution in [-0.4, -0.2) is 13.1 Å². The molecule has 1 aromatic rings. The van der Waals surface area contributed by atoms with Gasteiger partial charge in [0.25, 0.3) is 0 Å². The van der Waals surface area contributed by atoms with Gasteiger partial charge in [0.15, 0.2) is 0 Å². The van der Waals surface area contributed by atoms with Gasteiger partial charge < -0.3 is 5.32 Å². The van der Waals surface area contributed by atoms with Crippen molar-refractivity contribution in [3.8, 4) is 0 Å². The lowest BCUT2D eigenvalue weighted by Gasteiger charge is -2.18. The lowest BCUT2D eigenvalue weighted by Crippen LogP contribution is -2.33. The predicted octanol–water partition coefficient (Wildman–Crippen LogP) is 2.98. The van der Waals surface area contributed by atoms with Crippen LogP contribution in [0.4, 0.5) is 0 Å². The van der Waals surface area contributed by atoms with Crippen molar-refractivity contribution < 1.29 is 0 Å². The van der Waals surface area contributed by atoms with E-state index in [2.05, 4.69) is 11.4 Å². The van der Waals surface area contributed by atoms with Crippen LogP contribution >= 0.6 is 23.2 Å². The van der Waals surface area contributed by atoms with Gasteiger partial charge in [-0.25, -0.2) is 0 Å². The van der Waals surface area contributed by atoms with Crippen LogP contribution in [-0.2, 0) is 0 Å². The predicted molar refractivity (Wildman–Crippen MR) is 57.3 cm³/mol. The first kappa shape index (κ1) is 9.07. The van der Waals surface area contributed by atoms with E-state index < -0.39 is 0 Å². The monoisotopic (exact) mass is 213 g/mol. The van der Waals surface area contributed by atoms with E-state index in [9.17, 15) is 0 Å². The second kappa shape index (κ2) is 3.70. The number of hydrogen-bond donors (Lipinski definition) is 1. The molecular formula is C10H9Cl2N. The minimum atomic E-state index is 0.715. The van der Waals surface area contributed by atoms with Gasteiger partial charge in [-0.2, -0.15) is 0 Å². The normalized spacial score (nSPS) is 15.4. The van der Waals surface area contributed by atoms with Crippen LogP contribution in [0.25, 0.3) is 6.08 Å². The van der Waals surface area contributed by atoms with E-state index in [1.165, 1.54) is 5.57 Å². The van der Waals surface area contributed by atoms with Crippen LogP contribution in [0.1, 0.15) is 5.56 Å². The SMILES string of the molecule is Clc1cccc(Cl)c1C=C1CNC1. The van der Waals surface area contributed by atoms with Gasteiger partial charge in [-0.1, -0.05) is 35.3 Å². The lowest BCUT2D eigenvalue weighted by molar-refractivity contribution is 0.675. The van der Waals surface area contributed by atoms with Gasteiger partial charge in [-0.3, -0.25) is 0 Å². The van der Waals surface area contributed by atoms with E-state index in [1.54, 1.807) is 0 Å². The van der Waals surface area contributed by atoms with E-state index in [4.69, 9.17) is 23.2 Å². The Morgan fingerprint density at radius 3 is 2.23 bits per heavy atom. The molecule has 0 aliphatic carbocycles. The van der Waals surface area contributed by atoms with E-state index in [0.717, 1.165) is 18.7 Å². The summed E-state index contributed by atoms with van der Waals surface area (Å²) in [6.07, 6.45) is 2.06. The van der Waals surface area contributed by atoms with Crippen molar-refractivity contribution in [2.75, 3.05) is 13.1 Å². The molecule has 1 aromatic carbocycles. The minimum Gasteiger partial charge on any atom is -0.309 e. The fourth-order valence-electron chi connectivity index (χ4n) is 1.22. The topological polar surface area (TPSA) is 12.0 Å². The summed E-state index contributed by atoms with van der Waals surface area (Å²) in [6.45, 7) is 1.89. The average molecular weight is 214 g/mol. The molecule has 0 atom stereocenters. The highest BCUT2D eigenvalue weighted by atomic mass is 35.5.